The maximum atomic E-state index is 13.6. The number of nitrogens with two attached hydrogens (primary N) is 1. The summed E-state index contributed by atoms with van der Waals surface area (Å²) < 4.78 is 71.9. The number of carbonyl (C=O) groups excluding carboxylic acids is 1. The number of aliphatic carboxylic acids is 1. The fourth-order valence-corrected chi connectivity index (χ4v) is 4.49. The number of nitrogen functional groups attached to an aromatic ring is 1. The predicted molar refractivity (Wildman–Crippen MR) is 129 cm³/mol. The molecule has 1 aliphatic heterocycles. The first-order valence-electron chi connectivity index (χ1n) is 11.4. The van der Waals surface area contributed by atoms with Gasteiger partial charge in [0.1, 0.15) is 23.9 Å². The third kappa shape index (κ3) is 4.52. The van der Waals surface area contributed by atoms with E-state index in [9.17, 15) is 36.3 Å². The molecule has 41 heavy (non-hydrogen) atoms. The summed E-state index contributed by atoms with van der Waals surface area (Å²) in [6.07, 6.45) is -7.37. The number of nitrogens with one attached hydrogen (secondary N) is 1. The minimum absolute atomic E-state index is 0.0634. The summed E-state index contributed by atoms with van der Waals surface area (Å²) in [7, 11) is 0. The number of carboxylic acids is 1. The van der Waals surface area contributed by atoms with Gasteiger partial charge in [0.25, 0.3) is 0 Å². The van der Waals surface area contributed by atoms with Crippen LogP contribution in [0.1, 0.15) is 24.8 Å². The number of fused-ring (bicyclic) bond motifs is 2. The molecule has 1 amide bonds. The molecule has 1 unspecified atom stereocenters. The smallest absolute Gasteiger partial charge is 0.453 e. The lowest BCUT2D eigenvalue weighted by Gasteiger charge is -2.19. The van der Waals surface area contributed by atoms with Crippen molar-refractivity contribution in [3.05, 3.63) is 45.2 Å². The molecule has 13 nitrogen and oxygen atoms in total. The van der Waals surface area contributed by atoms with Crippen LogP contribution in [0.3, 0.4) is 0 Å². The van der Waals surface area contributed by atoms with E-state index in [4.69, 9.17) is 26.9 Å². The molecule has 1 aliphatic rings. The van der Waals surface area contributed by atoms with Crippen LogP contribution in [0.25, 0.3) is 22.4 Å². The molecule has 0 bridgehead atoms. The van der Waals surface area contributed by atoms with Crippen LogP contribution in [-0.4, -0.2) is 58.6 Å². The molecule has 0 saturated carbocycles. The van der Waals surface area contributed by atoms with E-state index in [1.807, 2.05) is 0 Å². The topological polar surface area (TPSA) is 184 Å². The van der Waals surface area contributed by atoms with Crippen LogP contribution in [0.5, 0.6) is 0 Å². The first kappa shape index (κ1) is 27.9. The fraction of sp³-hybridized carbons (Fsp3) is 0.318. The van der Waals surface area contributed by atoms with Gasteiger partial charge in [-0.15, -0.1) is 5.10 Å². The summed E-state index contributed by atoms with van der Waals surface area (Å²) in [6.45, 7) is -0.403. The van der Waals surface area contributed by atoms with Crippen molar-refractivity contribution < 1.29 is 41.1 Å². The van der Waals surface area contributed by atoms with Gasteiger partial charge in [-0.1, -0.05) is 11.6 Å². The highest BCUT2D eigenvalue weighted by Crippen LogP contribution is 2.44. The summed E-state index contributed by atoms with van der Waals surface area (Å²) in [5, 5.41) is 19.7. The van der Waals surface area contributed by atoms with Crippen molar-refractivity contribution in [3.8, 4) is 11.5 Å². The van der Waals surface area contributed by atoms with Crippen LogP contribution >= 0.6 is 11.6 Å². The van der Waals surface area contributed by atoms with Crippen LogP contribution in [0, 0.1) is 0 Å². The van der Waals surface area contributed by atoms with Crippen molar-refractivity contribution in [2.45, 2.75) is 43.9 Å². The molecular formula is C22H16ClF5N8O5. The third-order valence-corrected chi connectivity index (χ3v) is 6.65. The highest BCUT2D eigenvalue weighted by molar-refractivity contribution is 6.31. The summed E-state index contributed by atoms with van der Waals surface area (Å²) >= 11 is 6.02. The van der Waals surface area contributed by atoms with Crippen molar-refractivity contribution in [1.82, 2.24) is 29.5 Å². The molecule has 3 aromatic heterocycles. The molecule has 0 aliphatic carbocycles. The highest BCUT2D eigenvalue weighted by atomic mass is 35.5. The number of amides is 1. The minimum Gasteiger partial charge on any atom is -0.480 e. The van der Waals surface area contributed by atoms with Crippen LogP contribution in [0.4, 0.5) is 33.6 Å². The van der Waals surface area contributed by atoms with E-state index in [0.717, 1.165) is 4.68 Å². The second-order valence-electron chi connectivity index (χ2n) is 9.15. The quantitative estimate of drug-likeness (QED) is 0.266. The lowest BCUT2D eigenvalue weighted by atomic mass is 9.84. The molecule has 4 aromatic rings. The van der Waals surface area contributed by atoms with Crippen molar-refractivity contribution in [2.24, 2.45) is 0 Å². The zero-order valence-corrected chi connectivity index (χ0v) is 21.2. The molecule has 4 N–H and O–H groups in total. The number of hydrogen-bond donors (Lipinski definition) is 3. The number of hydrogen-bond acceptors (Lipinski definition) is 9. The number of aryl methyl sites for hydroxylation is 1. The lowest BCUT2D eigenvalue weighted by molar-refractivity contribution is -0.285. The largest absolute Gasteiger partial charge is 0.480 e. The molecule has 1 aromatic carbocycles. The van der Waals surface area contributed by atoms with Crippen molar-refractivity contribution >= 4 is 46.0 Å². The Morgan fingerprint density at radius 1 is 1.17 bits per heavy atom. The van der Waals surface area contributed by atoms with Gasteiger partial charge in [-0.25, -0.2) is 14.8 Å². The summed E-state index contributed by atoms with van der Waals surface area (Å²) in [5.74, 6) is -9.51. The summed E-state index contributed by atoms with van der Waals surface area (Å²) in [5.41, 5.74) is 4.29. The van der Waals surface area contributed by atoms with Gasteiger partial charge in [0.05, 0.1) is 11.1 Å². The number of carbonyl (C=O) groups is 2. The molecule has 4 heterocycles. The number of anilines is 2. The Kier molecular flexibility index (Phi) is 6.28. The van der Waals surface area contributed by atoms with E-state index in [0.29, 0.717) is 4.68 Å². The molecule has 0 spiro atoms. The number of carboxylic acid groups (broad SMARTS) is 1. The van der Waals surface area contributed by atoms with Gasteiger partial charge in [-0.2, -0.15) is 31.7 Å². The van der Waals surface area contributed by atoms with Gasteiger partial charge in [0.15, 0.2) is 11.2 Å². The fourth-order valence-electron chi connectivity index (χ4n) is 4.32. The van der Waals surface area contributed by atoms with E-state index in [1.165, 1.54) is 25.1 Å². The monoisotopic (exact) mass is 602 g/mol. The maximum Gasteiger partial charge on any atom is 0.453 e. The molecule has 19 heteroatoms. The number of benzene rings is 1. The predicted octanol–water partition coefficient (Wildman–Crippen LogP) is 2.81. The average Bonchev–Trinajstić information content (AvgIpc) is 3.49. The average molecular weight is 603 g/mol. The van der Waals surface area contributed by atoms with Crippen molar-refractivity contribution in [2.75, 3.05) is 11.1 Å². The number of nitrogens with zero attached hydrogens (tertiary/aromatic N) is 6. The molecular weight excluding hydrogens is 587 g/mol. The highest BCUT2D eigenvalue weighted by Gasteiger charge is 2.57. The normalized spacial score (nSPS) is 17.2. The van der Waals surface area contributed by atoms with Gasteiger partial charge in [-0.3, -0.25) is 14.3 Å². The second-order valence-corrected chi connectivity index (χ2v) is 9.58. The third-order valence-electron chi connectivity index (χ3n) is 6.42. The molecule has 0 fully saturated rings. The van der Waals surface area contributed by atoms with E-state index in [-0.39, 0.29) is 44.6 Å². The lowest BCUT2D eigenvalue weighted by Crippen LogP contribution is -2.37. The van der Waals surface area contributed by atoms with Crippen LogP contribution in [0.15, 0.2) is 27.4 Å². The first-order chi connectivity index (χ1) is 19.0. The Morgan fingerprint density at radius 3 is 2.54 bits per heavy atom. The van der Waals surface area contributed by atoms with Gasteiger partial charge in [-0.05, 0) is 25.1 Å². The van der Waals surface area contributed by atoms with Crippen molar-refractivity contribution in [1.29, 1.82) is 0 Å². The minimum atomic E-state index is -5.76. The molecule has 0 saturated heterocycles. The van der Waals surface area contributed by atoms with E-state index < -0.39 is 60.5 Å². The Balaban J connectivity index is 1.59. The van der Waals surface area contributed by atoms with Gasteiger partial charge >= 0.3 is 23.8 Å². The Hall–Kier alpha value is -4.61. The summed E-state index contributed by atoms with van der Waals surface area (Å²) in [4.78, 5) is 44.6. The Morgan fingerprint density at radius 2 is 1.88 bits per heavy atom. The number of halogens is 6. The second kappa shape index (κ2) is 9.22. The van der Waals surface area contributed by atoms with Crippen LogP contribution < -0.4 is 16.8 Å². The Labute approximate surface area is 228 Å². The standard InChI is InChI=1S/C22H16ClF5N8O5/c1-20(18-34-36(7-11(37)38)19(40)41-18)12-14(29)30-16(31-15(12)32-17(20)39)13-9-3-2-8(23)6-10(9)35(33-13)5-4-21(24,25)22(26,27)28/h2-3,6H,4-5,7H2,1H3,(H,37,38)(H3,29,30,31,32,39). The van der Waals surface area contributed by atoms with E-state index in [1.54, 1.807) is 0 Å². The van der Waals surface area contributed by atoms with Crippen LogP contribution in [0.2, 0.25) is 5.02 Å². The van der Waals surface area contributed by atoms with Gasteiger partial charge in [0, 0.05) is 23.4 Å². The van der Waals surface area contributed by atoms with Gasteiger partial charge < -0.3 is 20.6 Å². The van der Waals surface area contributed by atoms with Crippen LogP contribution in [-0.2, 0) is 28.1 Å². The Bertz CT molecular complexity index is 1800. The van der Waals surface area contributed by atoms with Gasteiger partial charge in [0.2, 0.25) is 11.8 Å². The number of alkyl halides is 5. The summed E-state index contributed by atoms with van der Waals surface area (Å²) in [6, 6.07) is 4.16. The first-order valence-corrected chi connectivity index (χ1v) is 11.8. The SMILES string of the molecule is CC1(c2nn(CC(=O)O)c(=O)o2)C(=O)Nc2nc(-c3nn(CCC(F)(F)C(F)(F)F)c4cc(Cl)ccc34)nc(N)c21. The number of aromatic nitrogens is 6. The molecule has 5 rings (SSSR count). The zero-order chi connectivity index (χ0) is 30.1. The maximum absolute atomic E-state index is 13.6. The molecule has 216 valence electrons. The molecule has 0 radical (unpaired) electrons. The number of rotatable bonds is 7. The zero-order valence-electron chi connectivity index (χ0n) is 20.5. The van der Waals surface area contributed by atoms with E-state index in [2.05, 4.69) is 25.5 Å². The molecule has 1 atom stereocenters. The van der Waals surface area contributed by atoms with E-state index >= 15 is 0 Å². The van der Waals surface area contributed by atoms with Crippen molar-refractivity contribution in [3.63, 3.8) is 0 Å².